The quantitative estimate of drug-likeness (QED) is 0.787. The lowest BCUT2D eigenvalue weighted by Gasteiger charge is -2.35. The van der Waals surface area contributed by atoms with Crippen LogP contribution in [0.15, 0.2) is 0 Å². The van der Waals surface area contributed by atoms with E-state index in [0.717, 1.165) is 31.7 Å². The van der Waals surface area contributed by atoms with E-state index in [9.17, 15) is 9.90 Å². The molecule has 2 N–H and O–H groups in total. The molecule has 0 aliphatic carbocycles. The molecular weight excluding hydrogens is 262 g/mol. The first-order valence-electron chi connectivity index (χ1n) is 6.76. The summed E-state index contributed by atoms with van der Waals surface area (Å²) in [6.45, 7) is 4.06. The molecule has 6 heteroatoms. The van der Waals surface area contributed by atoms with E-state index >= 15 is 0 Å². The van der Waals surface area contributed by atoms with Crippen molar-refractivity contribution in [2.45, 2.75) is 31.4 Å². The smallest absolute Gasteiger partial charge is 0.319 e. The van der Waals surface area contributed by atoms with Gasteiger partial charge < -0.3 is 20.2 Å². The topological polar surface area (TPSA) is 55.8 Å². The number of urea groups is 1. The molecule has 1 heterocycles. The normalized spacial score (nSPS) is 20.2. The number of hydrogen-bond donors (Lipinski definition) is 2. The Morgan fingerprint density at radius 2 is 2.05 bits per heavy atom. The maximum Gasteiger partial charge on any atom is 0.319 e. The number of likely N-dealkylation sites (tertiary alicyclic amines) is 1. The number of nitrogens with one attached hydrogen (secondary N) is 1. The molecule has 1 rings (SSSR count). The van der Waals surface area contributed by atoms with Crippen LogP contribution in [0.1, 0.15) is 19.8 Å². The van der Waals surface area contributed by atoms with Crippen molar-refractivity contribution < 1.29 is 9.90 Å². The van der Waals surface area contributed by atoms with Crippen molar-refractivity contribution >= 4 is 17.8 Å². The van der Waals surface area contributed by atoms with Crippen LogP contribution in [0.2, 0.25) is 0 Å². The van der Waals surface area contributed by atoms with Crippen LogP contribution in [0, 0.1) is 0 Å². The second-order valence-electron chi connectivity index (χ2n) is 5.75. The van der Waals surface area contributed by atoms with Gasteiger partial charge in [0.1, 0.15) is 0 Å². The molecule has 1 unspecified atom stereocenters. The van der Waals surface area contributed by atoms with Gasteiger partial charge in [-0.15, -0.1) is 0 Å². The maximum atomic E-state index is 11.8. The molecule has 112 valence electrons. The van der Waals surface area contributed by atoms with Gasteiger partial charge in [0.2, 0.25) is 0 Å². The molecule has 2 amide bonds. The SMILES string of the molecule is CSCC(C)(O)CNC1CCN(C(=O)N(C)C)CC1. The Balaban J connectivity index is 2.29. The van der Waals surface area contributed by atoms with Crippen LogP contribution in [0.25, 0.3) is 0 Å². The second-order valence-corrected chi connectivity index (χ2v) is 6.62. The van der Waals surface area contributed by atoms with Gasteiger partial charge >= 0.3 is 6.03 Å². The third-order valence-electron chi connectivity index (χ3n) is 3.37. The third-order valence-corrected chi connectivity index (χ3v) is 4.29. The van der Waals surface area contributed by atoms with Crippen LogP contribution in [0.4, 0.5) is 4.79 Å². The highest BCUT2D eigenvalue weighted by Gasteiger charge is 2.26. The minimum absolute atomic E-state index is 0.0906. The number of amides is 2. The second kappa shape index (κ2) is 7.36. The summed E-state index contributed by atoms with van der Waals surface area (Å²) in [4.78, 5) is 15.3. The molecule has 1 aliphatic heterocycles. The molecule has 0 radical (unpaired) electrons. The van der Waals surface area contributed by atoms with Crippen molar-refractivity contribution in [3.8, 4) is 0 Å². The summed E-state index contributed by atoms with van der Waals surface area (Å²) in [5, 5.41) is 13.5. The summed E-state index contributed by atoms with van der Waals surface area (Å²) in [5.41, 5.74) is -0.657. The molecule has 1 atom stereocenters. The molecule has 19 heavy (non-hydrogen) atoms. The number of aliphatic hydroxyl groups is 1. The first-order chi connectivity index (χ1) is 8.85. The highest BCUT2D eigenvalue weighted by molar-refractivity contribution is 7.98. The standard InChI is InChI=1S/C13H27N3O2S/c1-13(18,10-19-4)9-14-11-5-7-16(8-6-11)12(17)15(2)3/h11,14,18H,5-10H2,1-4H3. The van der Waals surface area contributed by atoms with Gasteiger partial charge in [0.05, 0.1) is 5.60 Å². The lowest BCUT2D eigenvalue weighted by atomic mass is 10.0. The molecular formula is C13H27N3O2S. The molecule has 5 nitrogen and oxygen atoms in total. The average molecular weight is 289 g/mol. The Bertz CT molecular complexity index is 290. The van der Waals surface area contributed by atoms with Crippen LogP contribution in [-0.2, 0) is 0 Å². The van der Waals surface area contributed by atoms with Gasteiger partial charge in [-0.05, 0) is 26.0 Å². The van der Waals surface area contributed by atoms with Crippen molar-refractivity contribution in [2.75, 3.05) is 45.7 Å². The van der Waals surface area contributed by atoms with Crippen LogP contribution >= 0.6 is 11.8 Å². The fourth-order valence-corrected chi connectivity index (χ4v) is 3.01. The van der Waals surface area contributed by atoms with E-state index in [-0.39, 0.29) is 6.03 Å². The predicted octanol–water partition coefficient (Wildman–Crippen LogP) is 0.836. The molecule has 0 aromatic heterocycles. The summed E-state index contributed by atoms with van der Waals surface area (Å²) < 4.78 is 0. The van der Waals surface area contributed by atoms with E-state index in [2.05, 4.69) is 5.32 Å². The molecule has 1 saturated heterocycles. The van der Waals surface area contributed by atoms with Crippen molar-refractivity contribution in [3.63, 3.8) is 0 Å². The van der Waals surface area contributed by atoms with Crippen LogP contribution in [0.5, 0.6) is 0 Å². The Labute approximate surface area is 120 Å². The fourth-order valence-electron chi connectivity index (χ4n) is 2.28. The molecule has 0 aromatic rings. The van der Waals surface area contributed by atoms with Crippen molar-refractivity contribution in [1.82, 2.24) is 15.1 Å². The largest absolute Gasteiger partial charge is 0.388 e. The summed E-state index contributed by atoms with van der Waals surface area (Å²) >= 11 is 1.65. The zero-order chi connectivity index (χ0) is 14.5. The van der Waals surface area contributed by atoms with E-state index in [1.54, 1.807) is 30.8 Å². The number of carbonyl (C=O) groups excluding carboxylic acids is 1. The molecule has 1 aliphatic rings. The molecule has 0 bridgehead atoms. The van der Waals surface area contributed by atoms with E-state index in [1.807, 2.05) is 18.1 Å². The maximum absolute atomic E-state index is 11.8. The van der Waals surface area contributed by atoms with Gasteiger partial charge in [-0.2, -0.15) is 11.8 Å². The van der Waals surface area contributed by atoms with Gasteiger partial charge in [-0.3, -0.25) is 0 Å². The first-order valence-corrected chi connectivity index (χ1v) is 8.16. The van der Waals surface area contributed by atoms with E-state index < -0.39 is 5.60 Å². The van der Waals surface area contributed by atoms with Gasteiger partial charge in [0.15, 0.2) is 0 Å². The Kier molecular flexibility index (Phi) is 6.42. The van der Waals surface area contributed by atoms with Crippen LogP contribution < -0.4 is 5.32 Å². The number of carbonyl (C=O) groups is 1. The van der Waals surface area contributed by atoms with Crippen molar-refractivity contribution in [2.24, 2.45) is 0 Å². The zero-order valence-corrected chi connectivity index (χ0v) is 13.3. The average Bonchev–Trinajstić information content (AvgIpc) is 2.36. The van der Waals surface area contributed by atoms with Gasteiger partial charge in [-0.1, -0.05) is 0 Å². The Morgan fingerprint density at radius 3 is 2.53 bits per heavy atom. The molecule has 1 fully saturated rings. The first kappa shape index (κ1) is 16.6. The van der Waals surface area contributed by atoms with Crippen LogP contribution in [-0.4, -0.2) is 78.3 Å². The number of rotatable bonds is 5. The van der Waals surface area contributed by atoms with Crippen LogP contribution in [0.3, 0.4) is 0 Å². The molecule has 0 spiro atoms. The molecule has 0 saturated carbocycles. The number of hydrogen-bond acceptors (Lipinski definition) is 4. The summed E-state index contributed by atoms with van der Waals surface area (Å²) in [6.07, 6.45) is 3.91. The van der Waals surface area contributed by atoms with E-state index in [4.69, 9.17) is 0 Å². The minimum Gasteiger partial charge on any atom is -0.388 e. The minimum atomic E-state index is -0.657. The summed E-state index contributed by atoms with van der Waals surface area (Å²) in [5.74, 6) is 0.734. The highest BCUT2D eigenvalue weighted by atomic mass is 32.2. The summed E-state index contributed by atoms with van der Waals surface area (Å²) in [7, 11) is 3.57. The van der Waals surface area contributed by atoms with Crippen molar-refractivity contribution in [3.05, 3.63) is 0 Å². The predicted molar refractivity (Wildman–Crippen MR) is 80.7 cm³/mol. The van der Waals surface area contributed by atoms with Crippen molar-refractivity contribution in [1.29, 1.82) is 0 Å². The fraction of sp³-hybridized carbons (Fsp3) is 0.923. The highest BCUT2D eigenvalue weighted by Crippen LogP contribution is 2.14. The van der Waals surface area contributed by atoms with Gasteiger partial charge in [-0.25, -0.2) is 4.79 Å². The van der Waals surface area contributed by atoms with E-state index in [1.165, 1.54) is 0 Å². The number of piperidine rings is 1. The van der Waals surface area contributed by atoms with Gasteiger partial charge in [0.25, 0.3) is 0 Å². The lowest BCUT2D eigenvalue weighted by molar-refractivity contribution is 0.0768. The number of thioether (sulfide) groups is 1. The lowest BCUT2D eigenvalue weighted by Crippen LogP contribution is -2.51. The summed E-state index contributed by atoms with van der Waals surface area (Å²) in [6, 6.07) is 0.493. The van der Waals surface area contributed by atoms with E-state index in [0.29, 0.717) is 12.6 Å². The molecule has 0 aromatic carbocycles. The number of nitrogens with zero attached hydrogens (tertiary/aromatic N) is 2. The monoisotopic (exact) mass is 289 g/mol. The zero-order valence-electron chi connectivity index (χ0n) is 12.5. The Morgan fingerprint density at radius 1 is 1.47 bits per heavy atom. The van der Waals surface area contributed by atoms with Gasteiger partial charge in [0, 0.05) is 45.5 Å². The third kappa shape index (κ3) is 5.58. The Hall–Kier alpha value is -0.460.